The minimum atomic E-state index is -0.877. The summed E-state index contributed by atoms with van der Waals surface area (Å²) in [6, 6.07) is 5.03. The molecule has 4 rings (SSSR count). The van der Waals surface area contributed by atoms with Crippen LogP contribution in [-0.4, -0.2) is 64.5 Å². The number of rotatable bonds is 9. The Kier molecular flexibility index (Phi) is 7.01. The predicted octanol–water partition coefficient (Wildman–Crippen LogP) is 1.12. The number of ether oxygens (including phenoxy) is 4. The topological polar surface area (TPSA) is 150 Å². The molecule has 0 unspecified atom stereocenters. The van der Waals surface area contributed by atoms with Gasteiger partial charge in [-0.3, -0.25) is 18.7 Å². The lowest BCUT2D eigenvalue weighted by atomic mass is 10.1. The molecule has 1 fully saturated rings. The van der Waals surface area contributed by atoms with Crippen molar-refractivity contribution >= 4 is 23.0 Å². The van der Waals surface area contributed by atoms with Gasteiger partial charge in [0.05, 0.1) is 39.0 Å². The van der Waals surface area contributed by atoms with Crippen molar-refractivity contribution in [1.82, 2.24) is 19.1 Å². The van der Waals surface area contributed by atoms with E-state index in [1.54, 1.807) is 25.1 Å². The number of carbonyl (C=O) groups is 2. The lowest BCUT2D eigenvalue weighted by molar-refractivity contribution is -0.143. The zero-order valence-electron chi connectivity index (χ0n) is 19.8. The Morgan fingerprint density at radius 2 is 2.00 bits per heavy atom. The number of hydrogen-bond acceptors (Lipinski definition) is 9. The zero-order valence-corrected chi connectivity index (χ0v) is 19.8. The van der Waals surface area contributed by atoms with Gasteiger partial charge in [-0.05, 0) is 31.9 Å². The third-order valence-electron chi connectivity index (χ3n) is 5.74. The number of methoxy groups -OCH3 is 2. The van der Waals surface area contributed by atoms with Crippen LogP contribution in [0.2, 0.25) is 0 Å². The highest BCUT2D eigenvalue weighted by atomic mass is 16.5. The summed E-state index contributed by atoms with van der Waals surface area (Å²) in [6.07, 6.45) is 1.43. The van der Waals surface area contributed by atoms with E-state index in [1.807, 2.05) is 0 Å². The normalized spacial score (nSPS) is 15.3. The predicted molar refractivity (Wildman–Crippen MR) is 124 cm³/mol. The molecular weight excluding hydrogens is 458 g/mol. The second-order valence-corrected chi connectivity index (χ2v) is 7.92. The summed E-state index contributed by atoms with van der Waals surface area (Å²) in [7, 11) is 3.01. The molecule has 1 aromatic carbocycles. The molecule has 186 valence electrons. The molecule has 12 nitrogen and oxygen atoms in total. The number of fused-ring (bicyclic) bond motifs is 1. The van der Waals surface area contributed by atoms with Gasteiger partial charge in [-0.15, -0.1) is 0 Å². The molecule has 1 saturated heterocycles. The molecule has 0 aliphatic carbocycles. The van der Waals surface area contributed by atoms with E-state index >= 15 is 0 Å². The molecule has 0 spiro atoms. The van der Waals surface area contributed by atoms with Crippen molar-refractivity contribution in [3.05, 3.63) is 34.4 Å². The minimum absolute atomic E-state index is 0.0600. The quantitative estimate of drug-likeness (QED) is 0.440. The molecular formula is C23H27N5O7. The zero-order chi connectivity index (χ0) is 25.1. The van der Waals surface area contributed by atoms with Crippen LogP contribution in [0, 0.1) is 0 Å². The lowest BCUT2D eigenvalue weighted by Crippen LogP contribution is -2.31. The highest BCUT2D eigenvalue weighted by Crippen LogP contribution is 2.32. The number of amides is 1. The van der Waals surface area contributed by atoms with Gasteiger partial charge in [-0.2, -0.15) is 0 Å². The lowest BCUT2D eigenvalue weighted by Gasteiger charge is -2.12. The van der Waals surface area contributed by atoms with Crippen LogP contribution in [0.3, 0.4) is 0 Å². The van der Waals surface area contributed by atoms with E-state index in [2.05, 4.69) is 9.97 Å². The maximum Gasteiger partial charge on any atom is 0.331 e. The fourth-order valence-corrected chi connectivity index (χ4v) is 4.13. The molecule has 0 saturated carbocycles. The van der Waals surface area contributed by atoms with Crippen molar-refractivity contribution < 1.29 is 28.5 Å². The monoisotopic (exact) mass is 485 g/mol. The molecule has 0 radical (unpaired) electrons. The third kappa shape index (κ3) is 4.69. The molecule has 3 aromatic rings. The summed E-state index contributed by atoms with van der Waals surface area (Å²) in [5.74, 6) is -0.434. The van der Waals surface area contributed by atoms with Crippen molar-refractivity contribution in [1.29, 1.82) is 0 Å². The van der Waals surface area contributed by atoms with Gasteiger partial charge >= 0.3 is 11.7 Å². The van der Waals surface area contributed by atoms with Gasteiger partial charge in [0.15, 0.2) is 17.2 Å². The fourth-order valence-electron chi connectivity index (χ4n) is 4.13. The molecule has 35 heavy (non-hydrogen) atoms. The molecule has 2 aromatic heterocycles. The SMILES string of the molecule is CCOC(=O)Cn1c(=O)n(C[C@@H]2CCCO2)c2nc(-c3ccc(OC)cc3OC)nc(C(N)=O)c21. The Labute approximate surface area is 200 Å². The van der Waals surface area contributed by atoms with Gasteiger partial charge in [0, 0.05) is 12.7 Å². The first-order valence-electron chi connectivity index (χ1n) is 11.2. The van der Waals surface area contributed by atoms with E-state index in [-0.39, 0.29) is 41.9 Å². The Balaban J connectivity index is 1.98. The smallest absolute Gasteiger partial charge is 0.331 e. The number of carbonyl (C=O) groups excluding carboxylic acids is 2. The number of nitrogens with zero attached hydrogens (tertiary/aromatic N) is 4. The van der Waals surface area contributed by atoms with Crippen LogP contribution in [0.4, 0.5) is 0 Å². The molecule has 1 amide bonds. The molecule has 12 heteroatoms. The average Bonchev–Trinajstić information content (AvgIpc) is 3.46. The molecule has 1 atom stereocenters. The Bertz CT molecular complexity index is 1320. The van der Waals surface area contributed by atoms with Crippen LogP contribution in [-0.2, 0) is 27.4 Å². The van der Waals surface area contributed by atoms with Crippen molar-refractivity contribution in [3.63, 3.8) is 0 Å². The largest absolute Gasteiger partial charge is 0.497 e. The summed E-state index contributed by atoms with van der Waals surface area (Å²) in [5, 5.41) is 0. The van der Waals surface area contributed by atoms with E-state index in [9.17, 15) is 14.4 Å². The third-order valence-corrected chi connectivity index (χ3v) is 5.74. The van der Waals surface area contributed by atoms with E-state index < -0.39 is 24.1 Å². The van der Waals surface area contributed by atoms with Crippen LogP contribution in [0.25, 0.3) is 22.6 Å². The first-order chi connectivity index (χ1) is 16.9. The van der Waals surface area contributed by atoms with Gasteiger partial charge < -0.3 is 24.7 Å². The summed E-state index contributed by atoms with van der Waals surface area (Å²) in [5.41, 5.74) is 5.62. The van der Waals surface area contributed by atoms with Crippen LogP contribution < -0.4 is 20.9 Å². The number of hydrogen-bond donors (Lipinski definition) is 1. The minimum Gasteiger partial charge on any atom is -0.497 e. The van der Waals surface area contributed by atoms with Crippen LogP contribution in [0.5, 0.6) is 11.5 Å². The second kappa shape index (κ2) is 10.1. The Hall–Kier alpha value is -3.93. The highest BCUT2D eigenvalue weighted by Gasteiger charge is 2.28. The van der Waals surface area contributed by atoms with Gasteiger partial charge in [0.2, 0.25) is 0 Å². The van der Waals surface area contributed by atoms with Crippen LogP contribution >= 0.6 is 0 Å². The van der Waals surface area contributed by atoms with Gasteiger partial charge in [-0.25, -0.2) is 14.8 Å². The Morgan fingerprint density at radius 1 is 1.20 bits per heavy atom. The molecule has 1 aliphatic rings. The maximum absolute atomic E-state index is 13.4. The van der Waals surface area contributed by atoms with Gasteiger partial charge in [-0.1, -0.05) is 0 Å². The van der Waals surface area contributed by atoms with Crippen molar-refractivity contribution in [2.45, 2.75) is 39.0 Å². The first kappa shape index (κ1) is 24.2. The van der Waals surface area contributed by atoms with Crippen molar-refractivity contribution in [2.75, 3.05) is 27.4 Å². The van der Waals surface area contributed by atoms with E-state index in [1.165, 1.54) is 18.8 Å². The summed E-state index contributed by atoms with van der Waals surface area (Å²) in [4.78, 5) is 47.2. The second-order valence-electron chi connectivity index (χ2n) is 7.92. The number of aromatic nitrogens is 4. The maximum atomic E-state index is 13.4. The molecule has 3 heterocycles. The number of nitrogens with two attached hydrogens (primary N) is 1. The van der Waals surface area contributed by atoms with E-state index in [0.29, 0.717) is 23.7 Å². The number of esters is 1. The summed E-state index contributed by atoms with van der Waals surface area (Å²) in [6.45, 7) is 2.17. The van der Waals surface area contributed by atoms with Crippen molar-refractivity contribution in [3.8, 4) is 22.9 Å². The van der Waals surface area contributed by atoms with Crippen LogP contribution in [0.1, 0.15) is 30.3 Å². The average molecular weight is 485 g/mol. The van der Waals surface area contributed by atoms with E-state index in [4.69, 9.17) is 24.7 Å². The standard InChI is InChI=1S/C23H27N5O7/c1-4-34-17(29)12-27-19-18(20(24)30)25-21(15-8-7-13(32-2)10-16(15)33-3)26-22(19)28(23(27)31)11-14-6-5-9-35-14/h7-8,10,14H,4-6,9,11-12H2,1-3H3,(H2,24,30)/t14-/m0/s1. The molecule has 1 aliphatic heterocycles. The number of primary amides is 1. The summed E-state index contributed by atoms with van der Waals surface area (Å²) >= 11 is 0. The van der Waals surface area contributed by atoms with E-state index in [0.717, 1.165) is 17.4 Å². The first-order valence-corrected chi connectivity index (χ1v) is 11.2. The summed E-state index contributed by atoms with van der Waals surface area (Å²) < 4.78 is 24.0. The fraction of sp³-hybridized carbons (Fsp3) is 0.435. The van der Waals surface area contributed by atoms with Crippen LogP contribution in [0.15, 0.2) is 23.0 Å². The molecule has 2 N–H and O–H groups in total. The molecule has 0 bridgehead atoms. The van der Waals surface area contributed by atoms with Gasteiger partial charge in [0.25, 0.3) is 5.91 Å². The number of benzene rings is 1. The van der Waals surface area contributed by atoms with Gasteiger partial charge in [0.1, 0.15) is 23.6 Å². The van der Waals surface area contributed by atoms with Crippen molar-refractivity contribution in [2.24, 2.45) is 5.73 Å². The Morgan fingerprint density at radius 3 is 2.63 bits per heavy atom. The number of imidazole rings is 1. The highest BCUT2D eigenvalue weighted by molar-refractivity contribution is 6.02.